The van der Waals surface area contributed by atoms with Crippen LogP contribution in [0.3, 0.4) is 0 Å². The zero-order chi connectivity index (χ0) is 7.91. The lowest BCUT2D eigenvalue weighted by atomic mass is 11.8. The molecule has 0 aromatic heterocycles. The SMILES string of the molecule is COS(=O)(=O)OC.NN.O. The summed E-state index contributed by atoms with van der Waals surface area (Å²) in [6, 6.07) is 0. The van der Waals surface area contributed by atoms with Crippen LogP contribution in [0, 0.1) is 0 Å². The van der Waals surface area contributed by atoms with Gasteiger partial charge in [-0.1, -0.05) is 0 Å². The molecule has 0 spiro atoms. The summed E-state index contributed by atoms with van der Waals surface area (Å²) < 4.78 is 27.5. The van der Waals surface area contributed by atoms with Crippen LogP contribution in [0.25, 0.3) is 0 Å². The van der Waals surface area contributed by atoms with E-state index in [0.29, 0.717) is 0 Å². The summed E-state index contributed by atoms with van der Waals surface area (Å²) in [5.74, 6) is 8.00. The number of nitrogens with two attached hydrogens (primary N) is 2. The van der Waals surface area contributed by atoms with E-state index < -0.39 is 10.4 Å². The molecule has 0 aromatic carbocycles. The molecular formula is C2H12N2O5S. The van der Waals surface area contributed by atoms with Gasteiger partial charge in [0.25, 0.3) is 0 Å². The molecule has 0 saturated heterocycles. The molecule has 10 heavy (non-hydrogen) atoms. The van der Waals surface area contributed by atoms with Crippen LogP contribution >= 0.6 is 0 Å². The second-order valence-electron chi connectivity index (χ2n) is 0.742. The Balaban J connectivity index is -0.000000149. The van der Waals surface area contributed by atoms with E-state index in [1.54, 1.807) is 0 Å². The predicted molar refractivity (Wildman–Crippen MR) is 34.9 cm³/mol. The molecule has 66 valence electrons. The normalized spacial score (nSPS) is 8.80. The monoisotopic (exact) mass is 176 g/mol. The van der Waals surface area contributed by atoms with E-state index in [-0.39, 0.29) is 5.48 Å². The van der Waals surface area contributed by atoms with Gasteiger partial charge < -0.3 is 5.48 Å². The lowest BCUT2D eigenvalue weighted by molar-refractivity contribution is 0.286. The first-order valence-electron chi connectivity index (χ1n) is 1.82. The molecule has 0 aliphatic heterocycles. The molecule has 0 atom stereocenters. The molecule has 0 radical (unpaired) electrons. The van der Waals surface area contributed by atoms with E-state index in [1.807, 2.05) is 0 Å². The molecule has 0 aromatic rings. The van der Waals surface area contributed by atoms with E-state index in [9.17, 15) is 8.42 Å². The lowest BCUT2D eigenvalue weighted by Gasteiger charge is -1.91. The average Bonchev–Trinajstić information content (AvgIpc) is 1.93. The van der Waals surface area contributed by atoms with Crippen LogP contribution < -0.4 is 11.7 Å². The van der Waals surface area contributed by atoms with Crippen molar-refractivity contribution in [1.29, 1.82) is 0 Å². The lowest BCUT2D eigenvalue weighted by Crippen LogP contribution is -2.02. The highest BCUT2D eigenvalue weighted by atomic mass is 32.3. The molecule has 8 heteroatoms. The molecule has 0 bridgehead atoms. The van der Waals surface area contributed by atoms with E-state index in [4.69, 9.17) is 0 Å². The number of hydrogen-bond acceptors (Lipinski definition) is 6. The highest BCUT2D eigenvalue weighted by Gasteiger charge is 2.01. The van der Waals surface area contributed by atoms with Crippen molar-refractivity contribution in [3.8, 4) is 0 Å². The highest BCUT2D eigenvalue weighted by Crippen LogP contribution is 1.85. The Morgan fingerprint density at radius 1 is 1.10 bits per heavy atom. The average molecular weight is 176 g/mol. The Kier molecular flexibility index (Phi) is 14.3. The zero-order valence-corrected chi connectivity index (χ0v) is 6.51. The molecule has 0 amide bonds. The maximum absolute atomic E-state index is 9.92. The summed E-state index contributed by atoms with van der Waals surface area (Å²) in [5.41, 5.74) is 0. The summed E-state index contributed by atoms with van der Waals surface area (Å²) in [6.07, 6.45) is 0. The van der Waals surface area contributed by atoms with Gasteiger partial charge >= 0.3 is 10.4 Å². The van der Waals surface area contributed by atoms with Gasteiger partial charge in [-0.25, -0.2) is 0 Å². The minimum Gasteiger partial charge on any atom is -0.412 e. The van der Waals surface area contributed by atoms with Crippen molar-refractivity contribution in [3.63, 3.8) is 0 Å². The molecule has 0 heterocycles. The predicted octanol–water partition coefficient (Wildman–Crippen LogP) is -2.48. The van der Waals surface area contributed by atoms with Crippen LogP contribution in [-0.2, 0) is 18.8 Å². The summed E-state index contributed by atoms with van der Waals surface area (Å²) in [4.78, 5) is 0. The third-order valence-corrected chi connectivity index (χ3v) is 1.22. The Labute approximate surface area is 59.5 Å². The Morgan fingerprint density at radius 3 is 1.30 bits per heavy atom. The highest BCUT2D eigenvalue weighted by molar-refractivity contribution is 7.81. The van der Waals surface area contributed by atoms with Crippen molar-refractivity contribution >= 4 is 10.4 Å². The van der Waals surface area contributed by atoms with E-state index in [1.165, 1.54) is 0 Å². The maximum atomic E-state index is 9.92. The summed E-state index contributed by atoms with van der Waals surface area (Å²) in [7, 11) is -1.60. The molecule has 7 nitrogen and oxygen atoms in total. The largest absolute Gasteiger partial charge is 0.412 e. The van der Waals surface area contributed by atoms with Gasteiger partial charge in [-0.2, -0.15) is 8.42 Å². The van der Waals surface area contributed by atoms with Gasteiger partial charge in [0.2, 0.25) is 0 Å². The van der Waals surface area contributed by atoms with Crippen LogP contribution in [0.4, 0.5) is 0 Å². The van der Waals surface area contributed by atoms with Gasteiger partial charge in [0.15, 0.2) is 0 Å². The van der Waals surface area contributed by atoms with Gasteiger partial charge in [-0.3, -0.25) is 20.1 Å². The van der Waals surface area contributed by atoms with Crippen molar-refractivity contribution in [3.05, 3.63) is 0 Å². The zero-order valence-electron chi connectivity index (χ0n) is 5.70. The standard InChI is InChI=1S/C2H6O4S.H4N2.H2O/c1-5-7(3,4)6-2;1-2;/h1-2H3;1-2H2;1H2. The van der Waals surface area contributed by atoms with Crippen LogP contribution in [0.1, 0.15) is 0 Å². The van der Waals surface area contributed by atoms with Gasteiger partial charge in [0.1, 0.15) is 0 Å². The van der Waals surface area contributed by atoms with E-state index >= 15 is 0 Å². The summed E-state index contributed by atoms with van der Waals surface area (Å²) in [6.45, 7) is 0. The Bertz CT molecular complexity index is 121. The molecule has 0 saturated carbocycles. The van der Waals surface area contributed by atoms with Crippen molar-refractivity contribution in [2.24, 2.45) is 11.7 Å². The fraction of sp³-hybridized carbons (Fsp3) is 1.00. The van der Waals surface area contributed by atoms with Crippen molar-refractivity contribution in [2.45, 2.75) is 0 Å². The van der Waals surface area contributed by atoms with Gasteiger partial charge in [-0.05, 0) is 0 Å². The molecular weight excluding hydrogens is 164 g/mol. The Morgan fingerprint density at radius 2 is 1.30 bits per heavy atom. The topological polar surface area (TPSA) is 136 Å². The maximum Gasteiger partial charge on any atom is 0.399 e. The molecule has 0 aliphatic carbocycles. The minimum atomic E-state index is -3.66. The van der Waals surface area contributed by atoms with E-state index in [0.717, 1.165) is 14.2 Å². The van der Waals surface area contributed by atoms with Crippen LogP contribution in [0.15, 0.2) is 0 Å². The summed E-state index contributed by atoms with van der Waals surface area (Å²) in [5, 5.41) is 0. The first kappa shape index (κ1) is 16.4. The number of hydrogen-bond donors (Lipinski definition) is 2. The van der Waals surface area contributed by atoms with Crippen molar-refractivity contribution in [2.75, 3.05) is 14.2 Å². The second kappa shape index (κ2) is 8.75. The number of hydrazine groups is 1. The summed E-state index contributed by atoms with van der Waals surface area (Å²) >= 11 is 0. The molecule has 0 aliphatic rings. The van der Waals surface area contributed by atoms with Gasteiger partial charge in [0.05, 0.1) is 14.2 Å². The number of rotatable bonds is 2. The van der Waals surface area contributed by atoms with Gasteiger partial charge in [0, 0.05) is 0 Å². The van der Waals surface area contributed by atoms with Gasteiger partial charge in [-0.15, -0.1) is 0 Å². The van der Waals surface area contributed by atoms with Crippen LogP contribution in [-0.4, -0.2) is 28.1 Å². The molecule has 6 N–H and O–H groups in total. The first-order valence-corrected chi connectivity index (χ1v) is 3.15. The van der Waals surface area contributed by atoms with Crippen LogP contribution in [0.5, 0.6) is 0 Å². The molecule has 0 fully saturated rings. The quantitative estimate of drug-likeness (QED) is 0.353. The fourth-order valence-electron chi connectivity index (χ4n) is 0.0680. The van der Waals surface area contributed by atoms with E-state index in [2.05, 4.69) is 20.1 Å². The molecule has 0 unspecified atom stereocenters. The third kappa shape index (κ3) is 10.7. The van der Waals surface area contributed by atoms with Crippen LogP contribution in [0.2, 0.25) is 0 Å². The third-order valence-electron chi connectivity index (χ3n) is 0.408. The molecule has 0 rings (SSSR count). The Hall–Kier alpha value is -0.250. The fourth-order valence-corrected chi connectivity index (χ4v) is 0.204. The van der Waals surface area contributed by atoms with Crippen molar-refractivity contribution < 1.29 is 22.3 Å². The smallest absolute Gasteiger partial charge is 0.399 e. The minimum absolute atomic E-state index is 0. The first-order chi connectivity index (χ1) is 4.12. The second-order valence-corrected chi connectivity index (χ2v) is 2.22. The van der Waals surface area contributed by atoms with Crippen molar-refractivity contribution in [1.82, 2.24) is 0 Å².